The van der Waals surface area contributed by atoms with Crippen LogP contribution >= 0.6 is 0 Å². The lowest BCUT2D eigenvalue weighted by Gasteiger charge is -2.24. The van der Waals surface area contributed by atoms with Gasteiger partial charge in [-0.2, -0.15) is 0 Å². The molecule has 1 aromatic carbocycles. The summed E-state index contributed by atoms with van der Waals surface area (Å²) < 4.78 is 13.4. The molecule has 22 heavy (non-hydrogen) atoms. The number of carbonyl (C=O) groups excluding carboxylic acids is 2. The van der Waals surface area contributed by atoms with E-state index in [1.54, 1.807) is 7.05 Å². The fourth-order valence-corrected chi connectivity index (χ4v) is 2.66. The summed E-state index contributed by atoms with van der Waals surface area (Å²) in [6.45, 7) is 1.41. The maximum absolute atomic E-state index is 13.4. The summed E-state index contributed by atoms with van der Waals surface area (Å²) in [5.74, 6) is -0.656. The molecule has 2 rings (SSSR count). The van der Waals surface area contributed by atoms with Crippen LogP contribution in [-0.2, 0) is 4.79 Å². The van der Waals surface area contributed by atoms with Crippen molar-refractivity contribution in [2.24, 2.45) is 0 Å². The van der Waals surface area contributed by atoms with E-state index in [2.05, 4.69) is 10.6 Å². The maximum atomic E-state index is 13.4. The molecule has 1 aromatic rings. The summed E-state index contributed by atoms with van der Waals surface area (Å²) in [6.07, 6.45) is 5.37. The smallest absolute Gasteiger partial charge is 0.319 e. The number of anilines is 2. The van der Waals surface area contributed by atoms with Gasteiger partial charge in [0, 0.05) is 20.0 Å². The van der Waals surface area contributed by atoms with Crippen molar-refractivity contribution >= 4 is 23.3 Å². The zero-order valence-electron chi connectivity index (χ0n) is 13.0. The number of carbonyl (C=O) groups is 2. The first-order valence-corrected chi connectivity index (χ1v) is 7.58. The van der Waals surface area contributed by atoms with Crippen molar-refractivity contribution in [1.29, 1.82) is 0 Å². The van der Waals surface area contributed by atoms with Gasteiger partial charge in [0.25, 0.3) is 0 Å². The minimum atomic E-state index is -0.464. The summed E-state index contributed by atoms with van der Waals surface area (Å²) in [7, 11) is 1.58. The molecule has 0 atom stereocenters. The summed E-state index contributed by atoms with van der Waals surface area (Å²) in [6, 6.07) is 3.76. The van der Waals surface area contributed by atoms with Crippen molar-refractivity contribution in [1.82, 2.24) is 5.32 Å². The number of rotatable bonds is 3. The Morgan fingerprint density at radius 2 is 1.91 bits per heavy atom. The van der Waals surface area contributed by atoms with Gasteiger partial charge in [-0.1, -0.05) is 19.3 Å². The number of halogens is 1. The van der Waals surface area contributed by atoms with Crippen molar-refractivity contribution in [3.63, 3.8) is 0 Å². The normalized spacial score (nSPS) is 15.2. The lowest BCUT2D eigenvalue weighted by Crippen LogP contribution is -2.39. The van der Waals surface area contributed by atoms with Gasteiger partial charge in [0.1, 0.15) is 5.82 Å². The second-order valence-corrected chi connectivity index (χ2v) is 5.67. The molecule has 120 valence electrons. The van der Waals surface area contributed by atoms with Crippen LogP contribution in [0.15, 0.2) is 18.2 Å². The van der Waals surface area contributed by atoms with E-state index < -0.39 is 5.82 Å². The van der Waals surface area contributed by atoms with Crippen LogP contribution in [0.4, 0.5) is 20.6 Å². The molecule has 0 heterocycles. The van der Waals surface area contributed by atoms with Crippen LogP contribution in [-0.4, -0.2) is 25.0 Å². The first-order valence-electron chi connectivity index (χ1n) is 7.58. The largest absolute Gasteiger partial charge is 0.335 e. The van der Waals surface area contributed by atoms with Crippen molar-refractivity contribution in [3.05, 3.63) is 24.0 Å². The molecule has 3 amide bonds. The fraction of sp³-hybridized carbons (Fsp3) is 0.500. The zero-order valence-corrected chi connectivity index (χ0v) is 13.0. The highest BCUT2D eigenvalue weighted by molar-refractivity contribution is 5.99. The Kier molecular flexibility index (Phi) is 5.35. The highest BCUT2D eigenvalue weighted by atomic mass is 19.1. The molecular formula is C16H22FN3O2. The number of nitrogens with zero attached hydrogens (tertiary/aromatic N) is 1. The van der Waals surface area contributed by atoms with Crippen LogP contribution in [0.25, 0.3) is 0 Å². The van der Waals surface area contributed by atoms with E-state index in [9.17, 15) is 14.0 Å². The third kappa shape index (κ3) is 4.19. The second kappa shape index (κ2) is 7.24. The highest BCUT2D eigenvalue weighted by Gasteiger charge is 2.18. The first-order chi connectivity index (χ1) is 10.5. The highest BCUT2D eigenvalue weighted by Crippen LogP contribution is 2.26. The fourth-order valence-electron chi connectivity index (χ4n) is 2.66. The topological polar surface area (TPSA) is 61.4 Å². The lowest BCUT2D eigenvalue weighted by atomic mass is 9.96. The van der Waals surface area contributed by atoms with Gasteiger partial charge in [-0.15, -0.1) is 0 Å². The molecule has 1 aliphatic rings. The predicted molar refractivity (Wildman–Crippen MR) is 84.5 cm³/mol. The van der Waals surface area contributed by atoms with E-state index in [0.717, 1.165) is 25.7 Å². The SMILES string of the molecule is CC(=O)N(C)c1ccc(F)cc1NC(=O)NC1CCCCC1. The van der Waals surface area contributed by atoms with Crippen LogP contribution < -0.4 is 15.5 Å². The van der Waals surface area contributed by atoms with E-state index >= 15 is 0 Å². The Bertz CT molecular complexity index is 556. The standard InChI is InChI=1S/C16H22FN3O2/c1-11(21)20(2)15-9-8-12(17)10-14(15)19-16(22)18-13-6-4-3-5-7-13/h8-10,13H,3-7H2,1-2H3,(H2,18,19,22). The summed E-state index contributed by atoms with van der Waals surface area (Å²) >= 11 is 0. The van der Waals surface area contributed by atoms with Crippen molar-refractivity contribution in [2.75, 3.05) is 17.3 Å². The molecule has 0 aliphatic heterocycles. The Morgan fingerprint density at radius 3 is 2.55 bits per heavy atom. The van der Waals surface area contributed by atoms with Gasteiger partial charge in [0.2, 0.25) is 5.91 Å². The zero-order chi connectivity index (χ0) is 16.1. The molecule has 0 bridgehead atoms. The molecule has 1 fully saturated rings. The molecule has 0 radical (unpaired) electrons. The van der Waals surface area contributed by atoms with Gasteiger partial charge in [-0.25, -0.2) is 9.18 Å². The molecule has 6 heteroatoms. The van der Waals surface area contributed by atoms with Gasteiger partial charge in [0.15, 0.2) is 0 Å². The van der Waals surface area contributed by atoms with Gasteiger partial charge in [-0.05, 0) is 31.0 Å². The molecule has 2 N–H and O–H groups in total. The number of benzene rings is 1. The van der Waals surface area contributed by atoms with Gasteiger partial charge in [0.05, 0.1) is 11.4 Å². The summed E-state index contributed by atoms with van der Waals surface area (Å²) in [5, 5.41) is 5.56. The molecule has 0 unspecified atom stereocenters. The average Bonchev–Trinajstić information content (AvgIpc) is 2.47. The number of urea groups is 1. The van der Waals surface area contributed by atoms with Gasteiger partial charge < -0.3 is 15.5 Å². The van der Waals surface area contributed by atoms with Crippen LogP contribution in [0.1, 0.15) is 39.0 Å². The molecule has 1 aliphatic carbocycles. The third-order valence-corrected chi connectivity index (χ3v) is 3.98. The molecular weight excluding hydrogens is 285 g/mol. The minimum absolute atomic E-state index is 0.163. The van der Waals surface area contributed by atoms with Crippen LogP contribution in [0.5, 0.6) is 0 Å². The first kappa shape index (κ1) is 16.3. The van der Waals surface area contributed by atoms with E-state index in [-0.39, 0.29) is 23.7 Å². The van der Waals surface area contributed by atoms with Crippen molar-refractivity contribution in [3.8, 4) is 0 Å². The van der Waals surface area contributed by atoms with Crippen LogP contribution in [0.2, 0.25) is 0 Å². The molecule has 0 spiro atoms. The lowest BCUT2D eigenvalue weighted by molar-refractivity contribution is -0.116. The minimum Gasteiger partial charge on any atom is -0.335 e. The molecule has 5 nitrogen and oxygen atoms in total. The van der Waals surface area contributed by atoms with Crippen LogP contribution in [0, 0.1) is 5.82 Å². The molecule has 0 saturated heterocycles. The summed E-state index contributed by atoms with van der Waals surface area (Å²) in [5.41, 5.74) is 0.749. The Morgan fingerprint density at radius 1 is 1.23 bits per heavy atom. The Balaban J connectivity index is 2.08. The molecule has 1 saturated carbocycles. The Hall–Kier alpha value is -2.11. The predicted octanol–water partition coefficient (Wildman–Crippen LogP) is 3.26. The number of hydrogen-bond donors (Lipinski definition) is 2. The van der Waals surface area contributed by atoms with E-state index in [1.165, 1.54) is 36.4 Å². The van der Waals surface area contributed by atoms with Crippen molar-refractivity contribution in [2.45, 2.75) is 45.1 Å². The van der Waals surface area contributed by atoms with E-state index in [0.29, 0.717) is 5.69 Å². The van der Waals surface area contributed by atoms with E-state index in [4.69, 9.17) is 0 Å². The number of hydrogen-bond acceptors (Lipinski definition) is 2. The quantitative estimate of drug-likeness (QED) is 0.900. The van der Waals surface area contributed by atoms with Crippen LogP contribution in [0.3, 0.4) is 0 Å². The van der Waals surface area contributed by atoms with Gasteiger partial charge in [-0.3, -0.25) is 4.79 Å². The van der Waals surface area contributed by atoms with Gasteiger partial charge >= 0.3 is 6.03 Å². The summed E-state index contributed by atoms with van der Waals surface area (Å²) in [4.78, 5) is 24.9. The number of nitrogens with one attached hydrogen (secondary N) is 2. The average molecular weight is 307 g/mol. The molecule has 0 aromatic heterocycles. The second-order valence-electron chi connectivity index (χ2n) is 5.67. The number of amides is 3. The third-order valence-electron chi connectivity index (χ3n) is 3.98. The maximum Gasteiger partial charge on any atom is 0.319 e. The van der Waals surface area contributed by atoms with E-state index in [1.807, 2.05) is 0 Å². The Labute approximate surface area is 129 Å². The monoisotopic (exact) mass is 307 g/mol. The van der Waals surface area contributed by atoms with Crippen molar-refractivity contribution < 1.29 is 14.0 Å².